The number of carbonyl (C=O) groups is 2. The third-order valence-electron chi connectivity index (χ3n) is 7.12. The van der Waals surface area contributed by atoms with E-state index >= 15 is 0 Å². The van der Waals surface area contributed by atoms with Gasteiger partial charge in [-0.3, -0.25) is 19.4 Å². The van der Waals surface area contributed by atoms with Crippen LogP contribution in [0, 0.1) is 0 Å². The summed E-state index contributed by atoms with van der Waals surface area (Å²) in [6, 6.07) is 8.78. The number of piperazine rings is 2. The van der Waals surface area contributed by atoms with Crippen LogP contribution in [-0.4, -0.2) is 96.4 Å². The van der Waals surface area contributed by atoms with Crippen LogP contribution in [0.15, 0.2) is 34.7 Å². The van der Waals surface area contributed by atoms with Gasteiger partial charge in [0, 0.05) is 74.5 Å². The number of hydrogen-bond acceptors (Lipinski definition) is 6. The molecule has 10 heteroatoms. The molecule has 1 aromatic carbocycles. The first-order chi connectivity index (χ1) is 16.9. The smallest absolute Gasteiger partial charge is 0.290 e. The first-order valence-corrected chi connectivity index (χ1v) is 13.0. The predicted octanol–water partition coefficient (Wildman–Crippen LogP) is 3.83. The van der Waals surface area contributed by atoms with Crippen molar-refractivity contribution in [3.05, 3.63) is 46.1 Å². The number of hydrogen-bond donors (Lipinski definition) is 0. The van der Waals surface area contributed by atoms with Gasteiger partial charge in [-0.2, -0.15) is 0 Å². The highest BCUT2D eigenvalue weighted by molar-refractivity contribution is 6.34. The second kappa shape index (κ2) is 10.8. The summed E-state index contributed by atoms with van der Waals surface area (Å²) >= 11 is 12.0. The molecule has 188 valence electrons. The quantitative estimate of drug-likeness (QED) is 0.576. The Balaban J connectivity index is 1.07. The summed E-state index contributed by atoms with van der Waals surface area (Å²) in [6.07, 6.45) is 3.95. The lowest BCUT2D eigenvalue weighted by Crippen LogP contribution is -2.56. The summed E-state index contributed by atoms with van der Waals surface area (Å²) in [6.45, 7) is 6.41. The summed E-state index contributed by atoms with van der Waals surface area (Å²) in [5.41, 5.74) is 0. The maximum absolute atomic E-state index is 12.9. The van der Waals surface area contributed by atoms with Crippen molar-refractivity contribution >= 4 is 35.0 Å². The molecule has 0 radical (unpaired) electrons. The largest absolute Gasteiger partial charge is 0.426 e. The Kier molecular flexibility index (Phi) is 7.53. The molecule has 2 saturated heterocycles. The summed E-state index contributed by atoms with van der Waals surface area (Å²) < 4.78 is 11.3. The van der Waals surface area contributed by atoms with Crippen LogP contribution >= 0.6 is 23.2 Å². The number of rotatable bonds is 6. The number of amides is 2. The van der Waals surface area contributed by atoms with Crippen LogP contribution < -0.4 is 4.74 Å². The van der Waals surface area contributed by atoms with Gasteiger partial charge in [-0.25, -0.2) is 0 Å². The SMILES string of the molecule is O=C(CN1CCN(C(=O)c2ccc(Oc3cc(Cl)cc(Cl)c3)o2)CC1)N1CCN(C2CCC2)CC1. The Labute approximate surface area is 215 Å². The molecule has 3 heterocycles. The van der Waals surface area contributed by atoms with Crippen molar-refractivity contribution in [1.82, 2.24) is 19.6 Å². The standard InChI is InChI=1S/C25H30Cl2N4O4/c26-18-14-19(27)16-21(15-18)34-24-5-4-22(35-24)25(33)31-8-6-28(7-9-31)17-23(32)30-12-10-29(11-13-30)20-2-1-3-20/h4-5,14-16,20H,1-3,6-13,17H2. The van der Waals surface area contributed by atoms with Crippen LogP contribution in [0.25, 0.3) is 0 Å². The van der Waals surface area contributed by atoms with E-state index in [1.54, 1.807) is 35.2 Å². The molecule has 2 aromatic rings. The van der Waals surface area contributed by atoms with Crippen molar-refractivity contribution in [3.63, 3.8) is 0 Å². The molecule has 35 heavy (non-hydrogen) atoms. The Bertz CT molecular complexity index is 1040. The molecule has 5 rings (SSSR count). The molecule has 1 aromatic heterocycles. The van der Waals surface area contributed by atoms with E-state index < -0.39 is 0 Å². The van der Waals surface area contributed by atoms with E-state index in [2.05, 4.69) is 9.80 Å². The number of benzene rings is 1. The van der Waals surface area contributed by atoms with Gasteiger partial charge in [-0.1, -0.05) is 29.6 Å². The van der Waals surface area contributed by atoms with Crippen LogP contribution in [-0.2, 0) is 4.79 Å². The van der Waals surface area contributed by atoms with E-state index in [-0.39, 0.29) is 23.5 Å². The zero-order chi connectivity index (χ0) is 24.4. The van der Waals surface area contributed by atoms with Crippen molar-refractivity contribution in [3.8, 4) is 11.7 Å². The molecular formula is C25H30Cl2N4O4. The van der Waals surface area contributed by atoms with Gasteiger partial charge >= 0.3 is 0 Å². The highest BCUT2D eigenvalue weighted by Crippen LogP contribution is 2.30. The normalized spacial score (nSPS) is 20.1. The fourth-order valence-electron chi connectivity index (χ4n) is 4.84. The van der Waals surface area contributed by atoms with E-state index in [0.717, 1.165) is 32.2 Å². The second-order valence-electron chi connectivity index (χ2n) is 9.40. The lowest BCUT2D eigenvalue weighted by molar-refractivity contribution is -0.135. The Morgan fingerprint density at radius 3 is 2.17 bits per heavy atom. The van der Waals surface area contributed by atoms with Gasteiger partial charge in [-0.15, -0.1) is 0 Å². The molecule has 0 N–H and O–H groups in total. The summed E-state index contributed by atoms with van der Waals surface area (Å²) in [5, 5.41) is 0.894. The molecule has 1 saturated carbocycles. The molecule has 3 aliphatic rings. The first-order valence-electron chi connectivity index (χ1n) is 12.2. The Morgan fingerprint density at radius 2 is 1.54 bits per heavy atom. The summed E-state index contributed by atoms with van der Waals surface area (Å²) in [7, 11) is 0. The lowest BCUT2D eigenvalue weighted by atomic mass is 9.91. The lowest BCUT2D eigenvalue weighted by Gasteiger charge is -2.43. The third kappa shape index (κ3) is 5.94. The van der Waals surface area contributed by atoms with E-state index in [1.165, 1.54) is 19.3 Å². The molecule has 3 fully saturated rings. The van der Waals surface area contributed by atoms with Crippen molar-refractivity contribution in [2.45, 2.75) is 25.3 Å². The highest BCUT2D eigenvalue weighted by Gasteiger charge is 2.31. The predicted molar refractivity (Wildman–Crippen MR) is 133 cm³/mol. The number of nitrogens with zero attached hydrogens (tertiary/aromatic N) is 4. The Morgan fingerprint density at radius 1 is 0.886 bits per heavy atom. The van der Waals surface area contributed by atoms with Crippen LogP contribution in [0.4, 0.5) is 0 Å². The molecule has 2 aliphatic heterocycles. The highest BCUT2D eigenvalue weighted by atomic mass is 35.5. The fraction of sp³-hybridized carbons (Fsp3) is 0.520. The molecule has 0 bridgehead atoms. The molecule has 0 spiro atoms. The van der Waals surface area contributed by atoms with Crippen LogP contribution in [0.5, 0.6) is 11.7 Å². The van der Waals surface area contributed by atoms with Crippen molar-refractivity contribution < 1.29 is 18.7 Å². The van der Waals surface area contributed by atoms with Crippen molar-refractivity contribution in [2.75, 3.05) is 58.9 Å². The number of carbonyl (C=O) groups excluding carboxylic acids is 2. The second-order valence-corrected chi connectivity index (χ2v) is 10.3. The van der Waals surface area contributed by atoms with Gasteiger partial charge < -0.3 is 19.0 Å². The average molecular weight is 521 g/mol. The molecule has 0 unspecified atom stereocenters. The van der Waals surface area contributed by atoms with E-state index in [4.69, 9.17) is 32.4 Å². The number of furan rings is 1. The number of ether oxygens (including phenoxy) is 1. The zero-order valence-corrected chi connectivity index (χ0v) is 21.1. The van der Waals surface area contributed by atoms with Crippen molar-refractivity contribution in [1.29, 1.82) is 0 Å². The van der Waals surface area contributed by atoms with E-state index in [0.29, 0.717) is 48.5 Å². The van der Waals surface area contributed by atoms with Crippen LogP contribution in [0.2, 0.25) is 10.0 Å². The van der Waals surface area contributed by atoms with Crippen molar-refractivity contribution in [2.24, 2.45) is 0 Å². The molecule has 0 atom stereocenters. The maximum Gasteiger partial charge on any atom is 0.290 e. The summed E-state index contributed by atoms with van der Waals surface area (Å²) in [4.78, 5) is 34.1. The maximum atomic E-state index is 12.9. The van der Waals surface area contributed by atoms with Crippen LogP contribution in [0.1, 0.15) is 29.8 Å². The minimum absolute atomic E-state index is 0.187. The molecule has 2 amide bonds. The zero-order valence-electron chi connectivity index (χ0n) is 19.6. The minimum Gasteiger partial charge on any atom is -0.426 e. The Hall–Kier alpha value is -2.26. The van der Waals surface area contributed by atoms with E-state index in [9.17, 15) is 9.59 Å². The van der Waals surface area contributed by atoms with Gasteiger partial charge in [0.25, 0.3) is 11.9 Å². The van der Waals surface area contributed by atoms with Crippen LogP contribution in [0.3, 0.4) is 0 Å². The molecule has 1 aliphatic carbocycles. The summed E-state index contributed by atoms with van der Waals surface area (Å²) in [5.74, 6) is 0.822. The van der Waals surface area contributed by atoms with Gasteiger partial charge in [0.2, 0.25) is 5.91 Å². The monoisotopic (exact) mass is 520 g/mol. The topological polar surface area (TPSA) is 69.5 Å². The van der Waals surface area contributed by atoms with Gasteiger partial charge in [0.1, 0.15) is 5.75 Å². The molecule has 8 nitrogen and oxygen atoms in total. The average Bonchev–Trinajstić information content (AvgIpc) is 3.26. The third-order valence-corrected chi connectivity index (χ3v) is 7.56. The molecular weight excluding hydrogens is 491 g/mol. The van der Waals surface area contributed by atoms with Gasteiger partial charge in [0.05, 0.1) is 6.54 Å². The first kappa shape index (κ1) is 24.4. The minimum atomic E-state index is -0.193. The van der Waals surface area contributed by atoms with Gasteiger partial charge in [0.15, 0.2) is 5.76 Å². The van der Waals surface area contributed by atoms with Gasteiger partial charge in [-0.05, 0) is 37.1 Å². The van der Waals surface area contributed by atoms with E-state index in [1.807, 2.05) is 4.90 Å². The number of halogens is 2. The fourth-order valence-corrected chi connectivity index (χ4v) is 5.34.